The normalized spacial score (nSPS) is 23.2. The van der Waals surface area contributed by atoms with Gasteiger partial charge >= 0.3 is 0 Å². The van der Waals surface area contributed by atoms with Crippen molar-refractivity contribution in [2.45, 2.75) is 32.8 Å². The predicted octanol–water partition coefficient (Wildman–Crippen LogP) is 1.85. The number of nitrogens with zero attached hydrogens (tertiary/aromatic N) is 3. The Labute approximate surface area is 169 Å². The van der Waals surface area contributed by atoms with Gasteiger partial charge in [-0.25, -0.2) is 0 Å². The van der Waals surface area contributed by atoms with Gasteiger partial charge in [0.05, 0.1) is 24.0 Å². The number of fused-ring (bicyclic) bond motifs is 1. The number of amides is 2. The largest absolute Gasteiger partial charge is 0.376 e. The predicted molar refractivity (Wildman–Crippen MR) is 104 cm³/mol. The van der Waals surface area contributed by atoms with Gasteiger partial charge in [-0.15, -0.1) is 0 Å². The molecule has 0 saturated carbocycles. The molecule has 8 nitrogen and oxygen atoms in total. The van der Waals surface area contributed by atoms with Crippen LogP contribution < -0.4 is 5.32 Å². The Bertz CT molecular complexity index is 882. The van der Waals surface area contributed by atoms with E-state index in [9.17, 15) is 9.59 Å². The summed E-state index contributed by atoms with van der Waals surface area (Å²) in [6.45, 7) is 6.15. The summed E-state index contributed by atoms with van der Waals surface area (Å²) < 4.78 is 11.3. The van der Waals surface area contributed by atoms with E-state index in [0.717, 1.165) is 6.42 Å². The van der Waals surface area contributed by atoms with Crippen LogP contribution in [-0.2, 0) is 11.2 Å². The number of hydrogen-bond donors (Lipinski definition) is 1. The van der Waals surface area contributed by atoms with Crippen molar-refractivity contribution in [2.24, 2.45) is 11.8 Å². The second kappa shape index (κ2) is 8.32. The zero-order chi connectivity index (χ0) is 20.4. The van der Waals surface area contributed by atoms with E-state index in [1.807, 2.05) is 11.8 Å². The summed E-state index contributed by atoms with van der Waals surface area (Å²) in [5, 5.41) is 6.96. The lowest BCUT2D eigenvalue weighted by molar-refractivity contribution is 0.0672. The summed E-state index contributed by atoms with van der Waals surface area (Å²) in [5.74, 6) is 0.869. The van der Waals surface area contributed by atoms with E-state index in [4.69, 9.17) is 9.26 Å². The number of rotatable bonds is 6. The third-order valence-electron chi connectivity index (χ3n) is 5.80. The Morgan fingerprint density at radius 3 is 2.97 bits per heavy atom. The van der Waals surface area contributed by atoms with Crippen molar-refractivity contribution in [1.82, 2.24) is 20.4 Å². The summed E-state index contributed by atoms with van der Waals surface area (Å²) >= 11 is 0. The van der Waals surface area contributed by atoms with Crippen molar-refractivity contribution in [3.05, 3.63) is 47.1 Å². The molecule has 2 aliphatic heterocycles. The van der Waals surface area contributed by atoms with Gasteiger partial charge in [-0.1, -0.05) is 12.1 Å². The van der Waals surface area contributed by atoms with Crippen LogP contribution in [0.15, 0.2) is 29.0 Å². The maximum atomic E-state index is 13.1. The van der Waals surface area contributed by atoms with Crippen LogP contribution in [0.2, 0.25) is 0 Å². The summed E-state index contributed by atoms with van der Waals surface area (Å²) in [7, 11) is 0. The molecule has 2 saturated heterocycles. The van der Waals surface area contributed by atoms with Crippen molar-refractivity contribution in [2.75, 3.05) is 26.2 Å². The van der Waals surface area contributed by atoms with Crippen LogP contribution in [-0.4, -0.2) is 59.2 Å². The SMILES string of the molecule is CCCc1onc(C)c1C(=O)N1C[C@@H]2[C@H](CNC(=O)c3cccnc3)CO[C@@H]2C1. The summed E-state index contributed by atoms with van der Waals surface area (Å²) in [6.07, 6.45) is 4.78. The van der Waals surface area contributed by atoms with E-state index >= 15 is 0 Å². The van der Waals surface area contributed by atoms with E-state index in [0.29, 0.717) is 55.2 Å². The molecule has 29 heavy (non-hydrogen) atoms. The van der Waals surface area contributed by atoms with E-state index in [1.54, 1.807) is 31.5 Å². The Morgan fingerprint density at radius 1 is 1.34 bits per heavy atom. The smallest absolute Gasteiger partial charge is 0.259 e. The van der Waals surface area contributed by atoms with Gasteiger partial charge < -0.3 is 19.5 Å². The second-order valence-corrected chi connectivity index (χ2v) is 7.77. The highest BCUT2D eigenvalue weighted by Gasteiger charge is 2.46. The molecule has 4 rings (SSSR count). The van der Waals surface area contributed by atoms with Crippen LogP contribution in [0.5, 0.6) is 0 Å². The molecule has 0 unspecified atom stereocenters. The minimum atomic E-state index is -0.142. The van der Waals surface area contributed by atoms with Gasteiger partial charge in [0.2, 0.25) is 0 Å². The Kier molecular flexibility index (Phi) is 5.62. The summed E-state index contributed by atoms with van der Waals surface area (Å²) in [6, 6.07) is 3.48. The molecule has 0 radical (unpaired) electrons. The molecule has 2 aromatic heterocycles. The molecule has 2 amide bonds. The van der Waals surface area contributed by atoms with E-state index in [2.05, 4.69) is 15.5 Å². The minimum absolute atomic E-state index is 0.00837. The molecule has 2 fully saturated rings. The first kappa shape index (κ1) is 19.6. The average Bonchev–Trinajstić information content (AvgIpc) is 3.41. The first-order valence-electron chi connectivity index (χ1n) is 10.1. The highest BCUT2D eigenvalue weighted by Crippen LogP contribution is 2.34. The van der Waals surface area contributed by atoms with Crippen LogP contribution in [0.4, 0.5) is 0 Å². The second-order valence-electron chi connectivity index (χ2n) is 7.77. The molecule has 4 heterocycles. The maximum absolute atomic E-state index is 13.1. The zero-order valence-corrected chi connectivity index (χ0v) is 16.8. The van der Waals surface area contributed by atoms with Gasteiger partial charge in [0.1, 0.15) is 11.3 Å². The average molecular weight is 398 g/mol. The van der Waals surface area contributed by atoms with E-state index in [-0.39, 0.29) is 29.8 Å². The number of aromatic nitrogens is 2. The van der Waals surface area contributed by atoms with Crippen molar-refractivity contribution in [3.63, 3.8) is 0 Å². The third kappa shape index (κ3) is 3.89. The number of likely N-dealkylation sites (tertiary alicyclic amines) is 1. The topological polar surface area (TPSA) is 97.6 Å². The number of ether oxygens (including phenoxy) is 1. The number of nitrogens with one attached hydrogen (secondary N) is 1. The fourth-order valence-corrected chi connectivity index (χ4v) is 4.24. The zero-order valence-electron chi connectivity index (χ0n) is 16.8. The Balaban J connectivity index is 1.38. The molecule has 0 bridgehead atoms. The maximum Gasteiger partial charge on any atom is 0.259 e. The highest BCUT2D eigenvalue weighted by molar-refractivity contribution is 5.96. The fourth-order valence-electron chi connectivity index (χ4n) is 4.24. The Morgan fingerprint density at radius 2 is 2.21 bits per heavy atom. The highest BCUT2D eigenvalue weighted by atomic mass is 16.5. The quantitative estimate of drug-likeness (QED) is 0.798. The van der Waals surface area contributed by atoms with Crippen LogP contribution >= 0.6 is 0 Å². The summed E-state index contributed by atoms with van der Waals surface area (Å²) in [5.41, 5.74) is 1.77. The standard InChI is InChI=1S/C21H26N4O4/c1-3-5-17-19(13(2)24-29-17)21(27)25-10-16-15(12-28-18(16)11-25)9-23-20(26)14-6-4-7-22-8-14/h4,6-8,15-16,18H,3,5,9-12H2,1-2H3,(H,23,26)/t15-,16-,18-/m1/s1. The molecular formula is C21H26N4O4. The van der Waals surface area contributed by atoms with Crippen molar-refractivity contribution in [3.8, 4) is 0 Å². The monoisotopic (exact) mass is 398 g/mol. The van der Waals surface area contributed by atoms with Crippen LogP contribution in [0, 0.1) is 18.8 Å². The van der Waals surface area contributed by atoms with E-state index < -0.39 is 0 Å². The molecule has 3 atom stereocenters. The molecule has 0 aliphatic carbocycles. The fraction of sp³-hybridized carbons (Fsp3) is 0.524. The van der Waals surface area contributed by atoms with Gasteiger partial charge in [0.15, 0.2) is 0 Å². The summed E-state index contributed by atoms with van der Waals surface area (Å²) in [4.78, 5) is 31.2. The van der Waals surface area contributed by atoms with Gasteiger partial charge in [0, 0.05) is 50.3 Å². The van der Waals surface area contributed by atoms with Crippen LogP contribution in [0.25, 0.3) is 0 Å². The first-order valence-corrected chi connectivity index (χ1v) is 10.1. The van der Waals surface area contributed by atoms with Crippen LogP contribution in [0.1, 0.15) is 45.5 Å². The van der Waals surface area contributed by atoms with Crippen molar-refractivity contribution < 1.29 is 18.8 Å². The van der Waals surface area contributed by atoms with Gasteiger partial charge in [-0.05, 0) is 25.5 Å². The molecule has 2 aromatic rings. The minimum Gasteiger partial charge on any atom is -0.376 e. The van der Waals surface area contributed by atoms with Gasteiger partial charge in [-0.3, -0.25) is 14.6 Å². The molecule has 8 heteroatoms. The number of carbonyl (C=O) groups excluding carboxylic acids is 2. The van der Waals surface area contributed by atoms with E-state index in [1.165, 1.54) is 0 Å². The molecule has 0 aromatic carbocycles. The Hall–Kier alpha value is -2.74. The van der Waals surface area contributed by atoms with Gasteiger partial charge in [0.25, 0.3) is 11.8 Å². The molecule has 1 N–H and O–H groups in total. The van der Waals surface area contributed by atoms with Gasteiger partial charge in [-0.2, -0.15) is 0 Å². The molecular weight excluding hydrogens is 372 g/mol. The first-order chi connectivity index (χ1) is 14.1. The molecule has 0 spiro atoms. The van der Waals surface area contributed by atoms with Crippen molar-refractivity contribution >= 4 is 11.8 Å². The number of carbonyl (C=O) groups is 2. The van der Waals surface area contributed by atoms with Crippen LogP contribution in [0.3, 0.4) is 0 Å². The number of aryl methyl sites for hydroxylation is 2. The lowest BCUT2D eigenvalue weighted by Gasteiger charge is -2.20. The van der Waals surface area contributed by atoms with Crippen molar-refractivity contribution in [1.29, 1.82) is 0 Å². The third-order valence-corrected chi connectivity index (χ3v) is 5.80. The number of hydrogen-bond acceptors (Lipinski definition) is 6. The molecule has 154 valence electrons. The number of pyridine rings is 1. The lowest BCUT2D eigenvalue weighted by atomic mass is 9.93. The molecule has 2 aliphatic rings. The lowest BCUT2D eigenvalue weighted by Crippen LogP contribution is -2.35.